The van der Waals surface area contributed by atoms with Gasteiger partial charge in [0.2, 0.25) is 5.91 Å². The fourth-order valence-electron chi connectivity index (χ4n) is 3.08. The molecular weight excluding hydrogens is 326 g/mol. The van der Waals surface area contributed by atoms with E-state index in [1.807, 2.05) is 36.9 Å². The Kier molecular flexibility index (Phi) is 7.34. The Hall–Kier alpha value is -1.30. The minimum absolute atomic E-state index is 0.227. The molecule has 1 aromatic rings. The molecule has 1 aliphatic heterocycles. The first-order valence-corrected chi connectivity index (χ1v) is 9.00. The Balaban J connectivity index is 1.85. The van der Waals surface area contributed by atoms with E-state index in [4.69, 9.17) is 16.3 Å². The van der Waals surface area contributed by atoms with Crippen molar-refractivity contribution in [2.24, 2.45) is 0 Å². The van der Waals surface area contributed by atoms with Crippen molar-refractivity contribution in [1.82, 2.24) is 14.7 Å². The lowest BCUT2D eigenvalue weighted by atomic mass is 10.1. The van der Waals surface area contributed by atoms with Gasteiger partial charge in [0, 0.05) is 56.4 Å². The van der Waals surface area contributed by atoms with Crippen molar-refractivity contribution in [3.05, 3.63) is 28.8 Å². The van der Waals surface area contributed by atoms with Crippen molar-refractivity contribution in [1.29, 1.82) is 0 Å². The molecule has 0 atom stereocenters. The van der Waals surface area contributed by atoms with E-state index in [1.165, 1.54) is 0 Å². The van der Waals surface area contributed by atoms with E-state index in [0.717, 1.165) is 62.1 Å². The first kappa shape index (κ1) is 19.0. The molecule has 1 aromatic carbocycles. The second-order valence-corrected chi connectivity index (χ2v) is 6.51. The number of ether oxygens (including phenoxy) is 1. The number of hydrogen-bond acceptors (Lipinski definition) is 4. The zero-order valence-electron chi connectivity index (χ0n) is 14.9. The Morgan fingerprint density at radius 3 is 2.38 bits per heavy atom. The van der Waals surface area contributed by atoms with E-state index in [0.29, 0.717) is 6.54 Å². The van der Waals surface area contributed by atoms with Crippen molar-refractivity contribution >= 4 is 17.5 Å². The van der Waals surface area contributed by atoms with Crippen molar-refractivity contribution in [3.63, 3.8) is 0 Å². The van der Waals surface area contributed by atoms with Gasteiger partial charge in [0.15, 0.2) is 0 Å². The summed E-state index contributed by atoms with van der Waals surface area (Å²) in [6.07, 6.45) is 0. The number of nitrogens with zero attached hydrogens (tertiary/aromatic N) is 3. The van der Waals surface area contributed by atoms with Crippen LogP contribution in [0.2, 0.25) is 5.02 Å². The minimum Gasteiger partial charge on any atom is -0.496 e. The fraction of sp³-hybridized carbons (Fsp3) is 0.611. The number of carbonyl (C=O) groups is 1. The largest absolute Gasteiger partial charge is 0.496 e. The van der Waals surface area contributed by atoms with Gasteiger partial charge in [-0.3, -0.25) is 14.6 Å². The molecule has 1 aliphatic rings. The van der Waals surface area contributed by atoms with Crippen LogP contribution in [0.15, 0.2) is 18.2 Å². The number of carbonyl (C=O) groups excluding carboxylic acids is 1. The van der Waals surface area contributed by atoms with E-state index in [1.54, 1.807) is 7.11 Å². The molecule has 5 nitrogen and oxygen atoms in total. The highest BCUT2D eigenvalue weighted by atomic mass is 35.5. The van der Waals surface area contributed by atoms with E-state index >= 15 is 0 Å². The quantitative estimate of drug-likeness (QED) is 0.753. The lowest BCUT2D eigenvalue weighted by molar-refractivity contribution is -0.132. The third-order valence-electron chi connectivity index (χ3n) is 4.58. The number of benzene rings is 1. The number of halogens is 1. The van der Waals surface area contributed by atoms with E-state index in [-0.39, 0.29) is 5.91 Å². The molecule has 0 unspecified atom stereocenters. The maximum absolute atomic E-state index is 12.2. The number of amides is 1. The van der Waals surface area contributed by atoms with Crippen molar-refractivity contribution in [2.75, 3.05) is 52.9 Å². The Bertz CT molecular complexity index is 541. The maximum atomic E-state index is 12.2. The predicted octanol–water partition coefficient (Wildman–Crippen LogP) is 2.33. The molecule has 0 N–H and O–H groups in total. The molecule has 1 fully saturated rings. The predicted molar refractivity (Wildman–Crippen MR) is 97.6 cm³/mol. The summed E-state index contributed by atoms with van der Waals surface area (Å²) in [5.74, 6) is 1.10. The maximum Gasteiger partial charge on any atom is 0.236 e. The van der Waals surface area contributed by atoms with E-state index < -0.39 is 0 Å². The van der Waals surface area contributed by atoms with Crippen LogP contribution >= 0.6 is 11.6 Å². The monoisotopic (exact) mass is 353 g/mol. The number of likely N-dealkylation sites (N-methyl/N-ethyl adjacent to an activating group) is 1. The molecule has 2 rings (SSSR count). The van der Waals surface area contributed by atoms with Gasteiger partial charge >= 0.3 is 0 Å². The molecule has 0 aliphatic carbocycles. The van der Waals surface area contributed by atoms with Crippen LogP contribution in [0, 0.1) is 0 Å². The molecule has 0 spiro atoms. The normalized spacial score (nSPS) is 16.2. The van der Waals surface area contributed by atoms with Gasteiger partial charge in [0.1, 0.15) is 5.75 Å². The molecule has 0 aromatic heterocycles. The minimum atomic E-state index is 0.227. The summed E-state index contributed by atoms with van der Waals surface area (Å²) in [7, 11) is 1.68. The molecule has 0 radical (unpaired) electrons. The number of piperazine rings is 1. The second-order valence-electron chi connectivity index (χ2n) is 6.07. The van der Waals surface area contributed by atoms with Crippen LogP contribution < -0.4 is 4.74 Å². The van der Waals surface area contributed by atoms with Crippen molar-refractivity contribution in [3.8, 4) is 5.75 Å². The van der Waals surface area contributed by atoms with Gasteiger partial charge in [-0.1, -0.05) is 11.6 Å². The van der Waals surface area contributed by atoms with Gasteiger partial charge in [0.05, 0.1) is 13.7 Å². The molecule has 1 saturated heterocycles. The second kappa shape index (κ2) is 9.25. The number of rotatable bonds is 7. The SMILES string of the molecule is CCN(CC)C(=O)CN1CCN(Cc2cc(Cl)ccc2OC)CC1. The van der Waals surface area contributed by atoms with Crippen LogP contribution in [-0.2, 0) is 11.3 Å². The average Bonchev–Trinajstić information content (AvgIpc) is 2.58. The van der Waals surface area contributed by atoms with Crippen LogP contribution in [0.1, 0.15) is 19.4 Å². The summed E-state index contributed by atoms with van der Waals surface area (Å²) in [5.41, 5.74) is 1.11. The van der Waals surface area contributed by atoms with Gasteiger partial charge in [-0.05, 0) is 32.0 Å². The lowest BCUT2D eigenvalue weighted by Crippen LogP contribution is -2.49. The van der Waals surface area contributed by atoms with Crippen LogP contribution in [-0.4, -0.2) is 73.5 Å². The van der Waals surface area contributed by atoms with E-state index in [2.05, 4.69) is 9.80 Å². The highest BCUT2D eigenvalue weighted by molar-refractivity contribution is 6.30. The molecule has 134 valence electrons. The van der Waals surface area contributed by atoms with Gasteiger partial charge in [-0.15, -0.1) is 0 Å². The van der Waals surface area contributed by atoms with E-state index in [9.17, 15) is 4.79 Å². The van der Waals surface area contributed by atoms with Crippen LogP contribution in [0.25, 0.3) is 0 Å². The van der Waals surface area contributed by atoms with Gasteiger partial charge in [-0.25, -0.2) is 0 Å². The Morgan fingerprint density at radius 1 is 1.17 bits per heavy atom. The zero-order chi connectivity index (χ0) is 17.5. The topological polar surface area (TPSA) is 36.0 Å². The van der Waals surface area contributed by atoms with Crippen molar-refractivity contribution < 1.29 is 9.53 Å². The van der Waals surface area contributed by atoms with Gasteiger partial charge in [0.25, 0.3) is 0 Å². The van der Waals surface area contributed by atoms with Crippen LogP contribution in [0.5, 0.6) is 5.75 Å². The highest BCUT2D eigenvalue weighted by Gasteiger charge is 2.21. The first-order valence-electron chi connectivity index (χ1n) is 8.62. The molecule has 1 heterocycles. The molecule has 24 heavy (non-hydrogen) atoms. The lowest BCUT2D eigenvalue weighted by Gasteiger charge is -2.35. The summed E-state index contributed by atoms with van der Waals surface area (Å²) < 4.78 is 5.42. The van der Waals surface area contributed by atoms with Crippen LogP contribution in [0.3, 0.4) is 0 Å². The number of methoxy groups -OCH3 is 1. The molecule has 0 bridgehead atoms. The van der Waals surface area contributed by atoms with Gasteiger partial charge < -0.3 is 9.64 Å². The van der Waals surface area contributed by atoms with Gasteiger partial charge in [-0.2, -0.15) is 0 Å². The van der Waals surface area contributed by atoms with Crippen LogP contribution in [0.4, 0.5) is 0 Å². The highest BCUT2D eigenvalue weighted by Crippen LogP contribution is 2.24. The number of hydrogen-bond donors (Lipinski definition) is 0. The van der Waals surface area contributed by atoms with Crippen molar-refractivity contribution in [2.45, 2.75) is 20.4 Å². The molecule has 6 heteroatoms. The summed E-state index contributed by atoms with van der Waals surface area (Å²) >= 11 is 6.10. The Labute approximate surface area is 150 Å². The summed E-state index contributed by atoms with van der Waals surface area (Å²) in [4.78, 5) is 18.7. The molecule has 0 saturated carbocycles. The summed E-state index contributed by atoms with van der Waals surface area (Å²) in [6, 6.07) is 5.73. The smallest absolute Gasteiger partial charge is 0.236 e. The standard InChI is InChI=1S/C18H28ClN3O2/c1-4-22(5-2)18(23)14-21-10-8-20(9-11-21)13-15-12-16(19)6-7-17(15)24-3/h6-7,12H,4-5,8-11,13-14H2,1-3H3. The third kappa shape index (κ3) is 5.10. The third-order valence-corrected chi connectivity index (χ3v) is 4.81. The summed E-state index contributed by atoms with van der Waals surface area (Å²) in [6.45, 7) is 10.7. The average molecular weight is 354 g/mol. The fourth-order valence-corrected chi connectivity index (χ4v) is 3.28. The zero-order valence-corrected chi connectivity index (χ0v) is 15.7. The Morgan fingerprint density at radius 2 is 1.79 bits per heavy atom. The molecular formula is C18H28ClN3O2. The summed E-state index contributed by atoms with van der Waals surface area (Å²) in [5, 5.41) is 0.731. The molecule has 1 amide bonds. The first-order chi connectivity index (χ1) is 11.6.